The van der Waals surface area contributed by atoms with E-state index in [4.69, 9.17) is 4.74 Å². The second-order valence-electron chi connectivity index (χ2n) is 6.25. The van der Waals surface area contributed by atoms with Crippen LogP contribution in [0.2, 0.25) is 0 Å². The predicted molar refractivity (Wildman–Crippen MR) is 92.2 cm³/mol. The molecule has 4 rings (SSSR count). The maximum Gasteiger partial charge on any atom is 0.272 e. The Bertz CT molecular complexity index is 724. The molecule has 0 aliphatic carbocycles. The molecule has 1 fully saturated rings. The van der Waals surface area contributed by atoms with Crippen LogP contribution in [-0.2, 0) is 17.7 Å². The number of rotatable bonds is 2. The number of amides is 1. The van der Waals surface area contributed by atoms with E-state index >= 15 is 0 Å². The molecule has 2 aliphatic rings. The summed E-state index contributed by atoms with van der Waals surface area (Å²) < 4.78 is 5.37. The van der Waals surface area contributed by atoms with Crippen molar-refractivity contribution < 1.29 is 9.53 Å². The van der Waals surface area contributed by atoms with Crippen molar-refractivity contribution >= 4 is 11.6 Å². The molecule has 5 nitrogen and oxygen atoms in total. The van der Waals surface area contributed by atoms with Gasteiger partial charge in [0.2, 0.25) is 0 Å². The summed E-state index contributed by atoms with van der Waals surface area (Å²) in [5, 5.41) is 0. The Hall–Kier alpha value is -2.40. The van der Waals surface area contributed by atoms with Crippen LogP contribution in [0.25, 0.3) is 0 Å². The minimum atomic E-state index is 0.0121. The minimum Gasteiger partial charge on any atom is -0.378 e. The van der Waals surface area contributed by atoms with Crippen LogP contribution in [0.4, 0.5) is 5.69 Å². The summed E-state index contributed by atoms with van der Waals surface area (Å²) in [6, 6.07) is 12.2. The number of anilines is 1. The number of morpholine rings is 1. The number of ether oxygens (including phenoxy) is 1. The molecule has 3 heterocycles. The number of hydrogen-bond donors (Lipinski definition) is 0. The monoisotopic (exact) mass is 323 g/mol. The van der Waals surface area contributed by atoms with E-state index in [2.05, 4.69) is 28.1 Å². The Labute approximate surface area is 141 Å². The quantitative estimate of drug-likeness (QED) is 0.849. The summed E-state index contributed by atoms with van der Waals surface area (Å²) in [6.45, 7) is 4.65. The van der Waals surface area contributed by atoms with E-state index in [0.717, 1.165) is 45.0 Å². The lowest BCUT2D eigenvalue weighted by Crippen LogP contribution is -2.37. The average Bonchev–Trinajstić information content (AvgIpc) is 2.68. The molecule has 2 aromatic rings. The lowest BCUT2D eigenvalue weighted by molar-refractivity contribution is 0.0728. The molecular formula is C19H21N3O2. The van der Waals surface area contributed by atoms with Crippen LogP contribution in [0.15, 0.2) is 42.6 Å². The second kappa shape index (κ2) is 6.61. The molecule has 1 amide bonds. The molecular weight excluding hydrogens is 302 g/mol. The second-order valence-corrected chi connectivity index (χ2v) is 6.25. The Morgan fingerprint density at radius 2 is 1.79 bits per heavy atom. The van der Waals surface area contributed by atoms with E-state index in [1.165, 1.54) is 11.1 Å². The number of pyridine rings is 1. The van der Waals surface area contributed by atoms with Gasteiger partial charge in [0.25, 0.3) is 5.91 Å². The van der Waals surface area contributed by atoms with Crippen LogP contribution in [-0.4, -0.2) is 48.6 Å². The summed E-state index contributed by atoms with van der Waals surface area (Å²) in [5.41, 5.74) is 4.16. The third kappa shape index (κ3) is 2.99. The molecule has 0 radical (unpaired) electrons. The van der Waals surface area contributed by atoms with Gasteiger partial charge in [-0.1, -0.05) is 24.3 Å². The van der Waals surface area contributed by atoms with E-state index in [0.29, 0.717) is 12.2 Å². The molecule has 1 aromatic carbocycles. The van der Waals surface area contributed by atoms with E-state index in [-0.39, 0.29) is 5.91 Å². The fourth-order valence-electron chi connectivity index (χ4n) is 3.35. The van der Waals surface area contributed by atoms with Crippen molar-refractivity contribution in [2.24, 2.45) is 0 Å². The van der Waals surface area contributed by atoms with E-state index in [1.807, 2.05) is 23.1 Å². The van der Waals surface area contributed by atoms with Crippen LogP contribution < -0.4 is 4.90 Å². The van der Waals surface area contributed by atoms with Gasteiger partial charge < -0.3 is 14.5 Å². The molecule has 0 N–H and O–H groups in total. The first-order valence-electron chi connectivity index (χ1n) is 8.46. The topological polar surface area (TPSA) is 45.7 Å². The molecule has 5 heteroatoms. The maximum absolute atomic E-state index is 12.7. The normalized spacial score (nSPS) is 17.5. The molecule has 1 aromatic heterocycles. The van der Waals surface area contributed by atoms with Crippen molar-refractivity contribution in [3.63, 3.8) is 0 Å². The van der Waals surface area contributed by atoms with Crippen molar-refractivity contribution in [2.45, 2.75) is 13.0 Å². The molecule has 0 unspecified atom stereocenters. The third-order valence-electron chi connectivity index (χ3n) is 4.76. The summed E-state index contributed by atoms with van der Waals surface area (Å²) in [7, 11) is 0. The Balaban J connectivity index is 1.47. The van der Waals surface area contributed by atoms with Gasteiger partial charge in [0, 0.05) is 26.2 Å². The predicted octanol–water partition coefficient (Wildman–Crippen LogP) is 2.12. The highest BCUT2D eigenvalue weighted by Crippen LogP contribution is 2.21. The van der Waals surface area contributed by atoms with E-state index < -0.39 is 0 Å². The Morgan fingerprint density at radius 1 is 1.00 bits per heavy atom. The fourth-order valence-corrected chi connectivity index (χ4v) is 3.35. The van der Waals surface area contributed by atoms with Gasteiger partial charge in [0.15, 0.2) is 0 Å². The number of benzene rings is 1. The van der Waals surface area contributed by atoms with Gasteiger partial charge in [-0.05, 0) is 29.7 Å². The van der Waals surface area contributed by atoms with Crippen molar-refractivity contribution in [3.8, 4) is 0 Å². The molecule has 0 atom stereocenters. The zero-order valence-electron chi connectivity index (χ0n) is 13.6. The first-order chi connectivity index (χ1) is 11.8. The van der Waals surface area contributed by atoms with E-state index in [9.17, 15) is 4.79 Å². The summed E-state index contributed by atoms with van der Waals surface area (Å²) in [6.07, 6.45) is 2.71. The third-order valence-corrected chi connectivity index (χ3v) is 4.76. The Morgan fingerprint density at radius 3 is 2.54 bits per heavy atom. The van der Waals surface area contributed by atoms with Gasteiger partial charge in [-0.25, -0.2) is 4.98 Å². The first kappa shape index (κ1) is 15.1. The zero-order valence-corrected chi connectivity index (χ0v) is 13.6. The van der Waals surface area contributed by atoms with Crippen molar-refractivity contribution in [2.75, 3.05) is 37.7 Å². The number of aromatic nitrogens is 1. The molecule has 0 saturated carbocycles. The van der Waals surface area contributed by atoms with Crippen molar-refractivity contribution in [1.82, 2.24) is 9.88 Å². The first-order valence-corrected chi connectivity index (χ1v) is 8.46. The summed E-state index contributed by atoms with van der Waals surface area (Å²) in [4.78, 5) is 21.3. The number of nitrogens with zero attached hydrogens (tertiary/aromatic N) is 3. The van der Waals surface area contributed by atoms with Gasteiger partial charge in [-0.15, -0.1) is 0 Å². The lowest BCUT2D eigenvalue weighted by Gasteiger charge is -2.30. The van der Waals surface area contributed by atoms with Gasteiger partial charge in [-0.2, -0.15) is 0 Å². The SMILES string of the molecule is O=C(c1ccc(N2CCOCC2)cn1)N1CCc2ccccc2C1. The highest BCUT2D eigenvalue weighted by Gasteiger charge is 2.22. The van der Waals surface area contributed by atoms with Gasteiger partial charge >= 0.3 is 0 Å². The molecule has 0 spiro atoms. The maximum atomic E-state index is 12.7. The van der Waals surface area contributed by atoms with Crippen LogP contribution in [0.1, 0.15) is 21.6 Å². The largest absolute Gasteiger partial charge is 0.378 e. The number of hydrogen-bond acceptors (Lipinski definition) is 4. The van der Waals surface area contributed by atoms with Crippen molar-refractivity contribution in [1.29, 1.82) is 0 Å². The molecule has 24 heavy (non-hydrogen) atoms. The molecule has 1 saturated heterocycles. The molecule has 2 aliphatic heterocycles. The summed E-state index contributed by atoms with van der Waals surface area (Å²) >= 11 is 0. The fraction of sp³-hybridized carbons (Fsp3) is 0.368. The van der Waals surface area contributed by atoms with Crippen LogP contribution in [0.3, 0.4) is 0 Å². The highest BCUT2D eigenvalue weighted by molar-refractivity contribution is 5.92. The van der Waals surface area contributed by atoms with Gasteiger partial charge in [0.1, 0.15) is 5.69 Å². The molecule has 124 valence electrons. The summed E-state index contributed by atoms with van der Waals surface area (Å²) in [5.74, 6) is 0.0121. The standard InChI is InChI=1S/C19H21N3O2/c23-19(22-8-7-15-3-1-2-4-16(15)14-22)18-6-5-17(13-20-18)21-9-11-24-12-10-21/h1-6,13H,7-12,14H2. The van der Waals surface area contributed by atoms with E-state index in [1.54, 1.807) is 6.20 Å². The van der Waals surface area contributed by atoms with Crippen molar-refractivity contribution in [3.05, 3.63) is 59.4 Å². The van der Waals surface area contributed by atoms with Crippen LogP contribution >= 0.6 is 0 Å². The Kier molecular flexibility index (Phi) is 4.17. The zero-order chi connectivity index (χ0) is 16.4. The number of carbonyl (C=O) groups is 1. The minimum absolute atomic E-state index is 0.0121. The smallest absolute Gasteiger partial charge is 0.272 e. The highest BCUT2D eigenvalue weighted by atomic mass is 16.5. The van der Waals surface area contributed by atoms with Gasteiger partial charge in [-0.3, -0.25) is 4.79 Å². The van der Waals surface area contributed by atoms with Crippen LogP contribution in [0, 0.1) is 0 Å². The molecule has 0 bridgehead atoms. The average molecular weight is 323 g/mol. The lowest BCUT2D eigenvalue weighted by atomic mass is 10.00. The number of fused-ring (bicyclic) bond motifs is 1. The van der Waals surface area contributed by atoms with Crippen LogP contribution in [0.5, 0.6) is 0 Å². The van der Waals surface area contributed by atoms with Gasteiger partial charge in [0.05, 0.1) is 25.1 Å². The number of carbonyl (C=O) groups excluding carboxylic acids is 1.